The molecule has 2 heterocycles. The molecule has 5 heteroatoms. The zero-order valence-corrected chi connectivity index (χ0v) is 13.5. The number of rotatable bonds is 3. The monoisotopic (exact) mass is 303 g/mol. The molecule has 0 saturated carbocycles. The molecule has 0 bridgehead atoms. The van der Waals surface area contributed by atoms with E-state index in [4.69, 9.17) is 15.2 Å². The van der Waals surface area contributed by atoms with E-state index in [9.17, 15) is 0 Å². The number of piperidine rings is 1. The summed E-state index contributed by atoms with van der Waals surface area (Å²) in [6, 6.07) is 4.12. The van der Waals surface area contributed by atoms with Crippen LogP contribution in [-0.2, 0) is 13.0 Å². The van der Waals surface area contributed by atoms with Crippen LogP contribution in [0, 0.1) is 0 Å². The lowest BCUT2D eigenvalue weighted by Crippen LogP contribution is -2.40. The number of aliphatic imine (C=N–C) groups is 1. The van der Waals surface area contributed by atoms with Gasteiger partial charge in [-0.05, 0) is 38.3 Å². The third kappa shape index (κ3) is 3.13. The van der Waals surface area contributed by atoms with Crippen LogP contribution in [-0.4, -0.2) is 37.2 Å². The van der Waals surface area contributed by atoms with E-state index >= 15 is 0 Å². The predicted molar refractivity (Wildman–Crippen MR) is 87.5 cm³/mol. The number of nitrogens with two attached hydrogens (primary N) is 1. The second-order valence-corrected chi connectivity index (χ2v) is 6.13. The fourth-order valence-electron chi connectivity index (χ4n) is 3.18. The van der Waals surface area contributed by atoms with Crippen LogP contribution in [0.1, 0.15) is 37.3 Å². The van der Waals surface area contributed by atoms with Gasteiger partial charge in [0.05, 0.1) is 13.7 Å². The average molecular weight is 303 g/mol. The lowest BCUT2D eigenvalue weighted by molar-refractivity contribution is 0.254. The highest BCUT2D eigenvalue weighted by molar-refractivity contribution is 5.78. The summed E-state index contributed by atoms with van der Waals surface area (Å²) < 4.78 is 11.3. The molecule has 1 atom stereocenters. The van der Waals surface area contributed by atoms with Gasteiger partial charge in [0.2, 0.25) is 0 Å². The van der Waals surface area contributed by atoms with Crippen molar-refractivity contribution in [3.8, 4) is 11.5 Å². The van der Waals surface area contributed by atoms with E-state index in [0.717, 1.165) is 36.6 Å². The topological polar surface area (TPSA) is 60.1 Å². The van der Waals surface area contributed by atoms with E-state index in [1.807, 2.05) is 6.07 Å². The Bertz CT molecular complexity index is 565. The van der Waals surface area contributed by atoms with E-state index in [0.29, 0.717) is 12.5 Å². The molecule has 3 rings (SSSR count). The SMILES string of the molecule is COc1cc2c(cc1CN=C(N)N1CCCCC1)OC(C)C2. The van der Waals surface area contributed by atoms with E-state index < -0.39 is 0 Å². The Hall–Kier alpha value is -1.91. The fourth-order valence-corrected chi connectivity index (χ4v) is 3.18. The van der Waals surface area contributed by atoms with Crippen molar-refractivity contribution in [3.05, 3.63) is 23.3 Å². The predicted octanol–water partition coefficient (Wildman–Crippen LogP) is 2.32. The summed E-state index contributed by atoms with van der Waals surface area (Å²) in [5, 5.41) is 0. The molecule has 0 spiro atoms. The van der Waals surface area contributed by atoms with Gasteiger partial charge in [0.25, 0.3) is 0 Å². The second kappa shape index (κ2) is 6.46. The van der Waals surface area contributed by atoms with Gasteiger partial charge >= 0.3 is 0 Å². The van der Waals surface area contributed by atoms with Crippen molar-refractivity contribution in [1.29, 1.82) is 0 Å². The van der Waals surface area contributed by atoms with Gasteiger partial charge < -0.3 is 20.1 Å². The maximum Gasteiger partial charge on any atom is 0.191 e. The number of hydrogen-bond donors (Lipinski definition) is 1. The van der Waals surface area contributed by atoms with Crippen LogP contribution < -0.4 is 15.2 Å². The van der Waals surface area contributed by atoms with Crippen molar-refractivity contribution in [1.82, 2.24) is 4.90 Å². The lowest BCUT2D eigenvalue weighted by Gasteiger charge is -2.27. The van der Waals surface area contributed by atoms with Gasteiger partial charge in [-0.15, -0.1) is 0 Å². The smallest absolute Gasteiger partial charge is 0.191 e. The third-order valence-corrected chi connectivity index (χ3v) is 4.39. The van der Waals surface area contributed by atoms with Gasteiger partial charge in [-0.2, -0.15) is 0 Å². The summed E-state index contributed by atoms with van der Waals surface area (Å²) in [6.45, 7) is 4.63. The first-order valence-electron chi connectivity index (χ1n) is 8.08. The first-order chi connectivity index (χ1) is 10.7. The van der Waals surface area contributed by atoms with Crippen LogP contribution in [0.5, 0.6) is 11.5 Å². The van der Waals surface area contributed by atoms with Crippen LogP contribution in [0.25, 0.3) is 0 Å². The normalized spacial score (nSPS) is 21.5. The van der Waals surface area contributed by atoms with Crippen LogP contribution in [0.2, 0.25) is 0 Å². The second-order valence-electron chi connectivity index (χ2n) is 6.13. The zero-order chi connectivity index (χ0) is 15.5. The fraction of sp³-hybridized carbons (Fsp3) is 0.588. The molecule has 1 aromatic carbocycles. The van der Waals surface area contributed by atoms with Crippen molar-refractivity contribution in [3.63, 3.8) is 0 Å². The minimum atomic E-state index is 0.233. The summed E-state index contributed by atoms with van der Waals surface area (Å²) in [4.78, 5) is 6.72. The van der Waals surface area contributed by atoms with Crippen molar-refractivity contribution >= 4 is 5.96 Å². The lowest BCUT2D eigenvalue weighted by atomic mass is 10.1. The maximum absolute atomic E-state index is 6.13. The number of guanidine groups is 1. The van der Waals surface area contributed by atoms with Gasteiger partial charge in [0, 0.05) is 30.6 Å². The Labute approximate surface area is 132 Å². The molecule has 0 aromatic heterocycles. The number of methoxy groups -OCH3 is 1. The van der Waals surface area contributed by atoms with Crippen LogP contribution in [0.4, 0.5) is 0 Å². The van der Waals surface area contributed by atoms with Crippen molar-refractivity contribution in [2.45, 2.75) is 45.3 Å². The molecule has 120 valence electrons. The molecule has 2 N–H and O–H groups in total. The number of hydrogen-bond acceptors (Lipinski definition) is 3. The third-order valence-electron chi connectivity index (χ3n) is 4.39. The molecule has 0 amide bonds. The first-order valence-corrected chi connectivity index (χ1v) is 8.08. The summed E-state index contributed by atoms with van der Waals surface area (Å²) in [5.74, 6) is 2.46. The Morgan fingerprint density at radius 2 is 2.14 bits per heavy atom. The largest absolute Gasteiger partial charge is 0.496 e. The van der Waals surface area contributed by atoms with Crippen LogP contribution in [0.3, 0.4) is 0 Å². The number of ether oxygens (including phenoxy) is 2. The standard InChI is InChI=1S/C17H25N3O2/c1-12-8-13-9-15(21-2)14(10-16(13)22-12)11-19-17(18)20-6-4-3-5-7-20/h9-10,12H,3-8,11H2,1-2H3,(H2,18,19). The van der Waals surface area contributed by atoms with Crippen molar-refractivity contribution in [2.75, 3.05) is 20.2 Å². The quantitative estimate of drug-likeness (QED) is 0.687. The van der Waals surface area contributed by atoms with Crippen molar-refractivity contribution < 1.29 is 9.47 Å². The van der Waals surface area contributed by atoms with Crippen molar-refractivity contribution in [2.24, 2.45) is 10.7 Å². The molecule has 5 nitrogen and oxygen atoms in total. The van der Waals surface area contributed by atoms with E-state index in [2.05, 4.69) is 22.9 Å². The summed E-state index contributed by atoms with van der Waals surface area (Å²) in [6.07, 6.45) is 4.86. The summed E-state index contributed by atoms with van der Waals surface area (Å²) in [7, 11) is 1.70. The highest BCUT2D eigenvalue weighted by Crippen LogP contribution is 2.35. The van der Waals surface area contributed by atoms with E-state index in [-0.39, 0.29) is 6.10 Å². The molecule has 2 aliphatic heterocycles. The van der Waals surface area contributed by atoms with Crippen LogP contribution >= 0.6 is 0 Å². The maximum atomic E-state index is 6.13. The molecule has 22 heavy (non-hydrogen) atoms. The molecule has 1 aromatic rings. The van der Waals surface area contributed by atoms with Gasteiger partial charge in [-0.3, -0.25) is 0 Å². The Morgan fingerprint density at radius 3 is 2.86 bits per heavy atom. The molecule has 1 unspecified atom stereocenters. The van der Waals surface area contributed by atoms with Gasteiger partial charge in [0.15, 0.2) is 5.96 Å². The Kier molecular flexibility index (Phi) is 4.41. The molecular weight excluding hydrogens is 278 g/mol. The molecule has 1 saturated heterocycles. The number of fused-ring (bicyclic) bond motifs is 1. The highest BCUT2D eigenvalue weighted by Gasteiger charge is 2.21. The minimum absolute atomic E-state index is 0.233. The van der Waals surface area contributed by atoms with Gasteiger partial charge in [-0.1, -0.05) is 0 Å². The van der Waals surface area contributed by atoms with Crippen LogP contribution in [0.15, 0.2) is 17.1 Å². The zero-order valence-electron chi connectivity index (χ0n) is 13.5. The summed E-state index contributed by atoms with van der Waals surface area (Å²) in [5.41, 5.74) is 8.36. The average Bonchev–Trinajstić information content (AvgIpc) is 2.91. The van der Waals surface area contributed by atoms with E-state index in [1.165, 1.54) is 24.8 Å². The molecule has 1 fully saturated rings. The first kappa shape index (κ1) is 15.0. The molecule has 0 radical (unpaired) electrons. The Morgan fingerprint density at radius 1 is 1.36 bits per heavy atom. The van der Waals surface area contributed by atoms with Gasteiger partial charge in [0.1, 0.15) is 17.6 Å². The van der Waals surface area contributed by atoms with E-state index in [1.54, 1.807) is 7.11 Å². The number of likely N-dealkylation sites (tertiary alicyclic amines) is 1. The minimum Gasteiger partial charge on any atom is -0.496 e. The Balaban J connectivity index is 1.75. The number of benzene rings is 1. The molecule has 2 aliphatic rings. The van der Waals surface area contributed by atoms with Gasteiger partial charge in [-0.25, -0.2) is 4.99 Å². The summed E-state index contributed by atoms with van der Waals surface area (Å²) >= 11 is 0. The molecular formula is C17H25N3O2. The highest BCUT2D eigenvalue weighted by atomic mass is 16.5. The number of nitrogens with zero attached hydrogens (tertiary/aromatic N) is 2. The molecule has 0 aliphatic carbocycles.